The minimum absolute atomic E-state index is 0.282. The average Bonchev–Trinajstić information content (AvgIpc) is 2.95. The minimum Gasteiger partial charge on any atom is -0.495 e. The van der Waals surface area contributed by atoms with E-state index in [1.54, 1.807) is 19.4 Å². The summed E-state index contributed by atoms with van der Waals surface area (Å²) in [6.45, 7) is 17.0. The van der Waals surface area contributed by atoms with Gasteiger partial charge in [0.2, 0.25) is 11.9 Å². The number of nitrogens with zero attached hydrogens (tertiary/aromatic N) is 3. The summed E-state index contributed by atoms with van der Waals surface area (Å²) in [5.41, 5.74) is 6.37. The Balaban J connectivity index is 0.000000885. The van der Waals surface area contributed by atoms with Crippen molar-refractivity contribution in [1.29, 1.82) is 0 Å². The van der Waals surface area contributed by atoms with E-state index in [4.69, 9.17) is 9.72 Å². The maximum Gasteiger partial charge on any atom is 0.247 e. The minimum atomic E-state index is -0.282. The summed E-state index contributed by atoms with van der Waals surface area (Å²) in [5.74, 6) is 0.771. The van der Waals surface area contributed by atoms with Crippen molar-refractivity contribution in [2.75, 3.05) is 38.4 Å². The zero-order valence-electron chi connectivity index (χ0n) is 25.8. The fraction of sp³-hybridized carbons (Fsp3) is 0.364. The third-order valence-electron chi connectivity index (χ3n) is 5.68. The molecule has 3 aromatic rings. The first kappa shape index (κ1) is 34.1. The molecule has 7 nitrogen and oxygen atoms in total. The Hall–Kier alpha value is -3.97. The van der Waals surface area contributed by atoms with Crippen molar-refractivity contribution in [3.63, 3.8) is 0 Å². The predicted molar refractivity (Wildman–Crippen MR) is 171 cm³/mol. The molecule has 1 amide bonds. The van der Waals surface area contributed by atoms with Crippen LogP contribution in [-0.4, -0.2) is 48.5 Å². The second kappa shape index (κ2) is 18.3. The number of carbonyl (C=O) groups excluding carboxylic acids is 1. The maximum atomic E-state index is 11.8. The number of aryl methyl sites for hydroxylation is 2. The molecule has 0 atom stereocenters. The van der Waals surface area contributed by atoms with E-state index in [1.807, 2.05) is 45.0 Å². The summed E-state index contributed by atoms with van der Waals surface area (Å²) in [5, 5.41) is 6.04. The lowest BCUT2D eigenvalue weighted by molar-refractivity contribution is -0.111. The van der Waals surface area contributed by atoms with Crippen LogP contribution in [0.25, 0.3) is 5.57 Å². The average molecular weight is 546 g/mol. The molecule has 0 aliphatic heterocycles. The number of amides is 1. The van der Waals surface area contributed by atoms with Crippen LogP contribution in [0.15, 0.2) is 67.4 Å². The van der Waals surface area contributed by atoms with Crippen molar-refractivity contribution in [3.05, 3.63) is 89.8 Å². The second-order valence-corrected chi connectivity index (χ2v) is 9.10. The van der Waals surface area contributed by atoms with Gasteiger partial charge in [-0.2, -0.15) is 0 Å². The molecular formula is C33H47N5O2. The number of hydrogen-bond acceptors (Lipinski definition) is 6. The smallest absolute Gasteiger partial charge is 0.247 e. The predicted octanol–water partition coefficient (Wildman–Crippen LogP) is 7.80. The van der Waals surface area contributed by atoms with Gasteiger partial charge in [-0.05, 0) is 88.3 Å². The van der Waals surface area contributed by atoms with Crippen molar-refractivity contribution >= 4 is 28.8 Å². The maximum absolute atomic E-state index is 11.8. The van der Waals surface area contributed by atoms with E-state index in [0.717, 1.165) is 28.8 Å². The Kier molecular flexibility index (Phi) is 15.6. The molecule has 0 aliphatic carbocycles. The lowest BCUT2D eigenvalue weighted by Gasteiger charge is -2.16. The van der Waals surface area contributed by atoms with Crippen molar-refractivity contribution in [2.24, 2.45) is 0 Å². The highest BCUT2D eigenvalue weighted by atomic mass is 16.5. The number of anilines is 3. The van der Waals surface area contributed by atoms with Crippen LogP contribution in [0.1, 0.15) is 62.9 Å². The monoisotopic (exact) mass is 545 g/mol. The topological polar surface area (TPSA) is 79.4 Å². The van der Waals surface area contributed by atoms with Crippen LogP contribution in [-0.2, 0) is 4.79 Å². The number of nitrogens with one attached hydrogen (secondary N) is 2. The van der Waals surface area contributed by atoms with Crippen LogP contribution in [0, 0.1) is 13.8 Å². The van der Waals surface area contributed by atoms with Crippen molar-refractivity contribution in [2.45, 2.75) is 54.4 Å². The van der Waals surface area contributed by atoms with E-state index in [2.05, 4.69) is 80.2 Å². The number of aromatic nitrogens is 2. The fourth-order valence-corrected chi connectivity index (χ4v) is 3.83. The molecule has 0 unspecified atom stereocenters. The number of hydrogen-bond donors (Lipinski definition) is 2. The van der Waals surface area contributed by atoms with E-state index in [1.165, 1.54) is 24.6 Å². The number of benzene rings is 2. The second-order valence-electron chi connectivity index (χ2n) is 9.10. The van der Waals surface area contributed by atoms with E-state index in [-0.39, 0.29) is 5.91 Å². The standard InChI is InChI=1S/C26H28N4O2.C5H13N.C2H6/c1-6-10-20(19-12-9-8-11-17(19)3)21-13-14-27-26(29-21)30-23-16-22(28-25(31)7-2)18(4)15-24(23)32-5;1-4-5-6(2)3;1-2/h7-16H,2,6H2,1,3-5H3,(H,28,31)(H,27,29,30);4-5H2,1-3H3;1-2H3/b20-10+;;. The Morgan fingerprint density at radius 1 is 1.05 bits per heavy atom. The molecule has 0 radical (unpaired) electrons. The van der Waals surface area contributed by atoms with Crippen molar-refractivity contribution in [3.8, 4) is 5.75 Å². The van der Waals surface area contributed by atoms with E-state index in [9.17, 15) is 4.79 Å². The van der Waals surface area contributed by atoms with Gasteiger partial charge in [0, 0.05) is 17.5 Å². The summed E-state index contributed by atoms with van der Waals surface area (Å²) in [6.07, 6.45) is 7.27. The van der Waals surface area contributed by atoms with Gasteiger partial charge in [-0.3, -0.25) is 4.79 Å². The summed E-state index contributed by atoms with van der Waals surface area (Å²) >= 11 is 0. The van der Waals surface area contributed by atoms with Crippen LogP contribution in [0.5, 0.6) is 5.75 Å². The lowest BCUT2D eigenvalue weighted by atomic mass is 9.97. The first-order valence-corrected chi connectivity index (χ1v) is 13.9. The van der Waals surface area contributed by atoms with Gasteiger partial charge in [0.25, 0.3) is 0 Å². The third kappa shape index (κ3) is 10.7. The van der Waals surface area contributed by atoms with E-state index < -0.39 is 0 Å². The van der Waals surface area contributed by atoms with Gasteiger partial charge in [-0.25, -0.2) is 9.97 Å². The Labute approximate surface area is 241 Å². The van der Waals surface area contributed by atoms with Crippen LogP contribution >= 0.6 is 0 Å². The summed E-state index contributed by atoms with van der Waals surface area (Å²) in [7, 11) is 5.77. The van der Waals surface area contributed by atoms with Crippen LogP contribution in [0.3, 0.4) is 0 Å². The van der Waals surface area contributed by atoms with Crippen molar-refractivity contribution < 1.29 is 9.53 Å². The fourth-order valence-electron chi connectivity index (χ4n) is 3.83. The number of ether oxygens (including phenoxy) is 1. The molecule has 7 heteroatoms. The molecular weight excluding hydrogens is 498 g/mol. The SMILES string of the molecule is C=CC(=O)Nc1cc(Nc2nccc(/C(=C/CC)c3ccccc3C)n2)c(OC)cc1C.CC.CCCN(C)C. The van der Waals surface area contributed by atoms with Gasteiger partial charge in [0.15, 0.2) is 0 Å². The van der Waals surface area contributed by atoms with Crippen molar-refractivity contribution in [1.82, 2.24) is 14.9 Å². The first-order valence-electron chi connectivity index (χ1n) is 13.9. The van der Waals surface area contributed by atoms with Gasteiger partial charge in [-0.1, -0.05) is 64.6 Å². The first-order chi connectivity index (χ1) is 19.2. The lowest BCUT2D eigenvalue weighted by Crippen LogP contribution is -2.11. The Bertz CT molecular complexity index is 1250. The van der Waals surface area contributed by atoms with Crippen LogP contribution in [0.2, 0.25) is 0 Å². The molecule has 0 aliphatic rings. The highest BCUT2D eigenvalue weighted by molar-refractivity contribution is 6.00. The largest absolute Gasteiger partial charge is 0.495 e. The molecule has 1 aromatic heterocycles. The summed E-state index contributed by atoms with van der Waals surface area (Å²) in [4.78, 5) is 23.1. The molecule has 1 heterocycles. The highest BCUT2D eigenvalue weighted by Crippen LogP contribution is 2.33. The molecule has 216 valence electrons. The Morgan fingerprint density at radius 3 is 2.30 bits per heavy atom. The van der Waals surface area contributed by atoms with Gasteiger partial charge in [0.05, 0.1) is 18.5 Å². The zero-order chi connectivity index (χ0) is 30.1. The third-order valence-corrected chi connectivity index (χ3v) is 5.68. The molecule has 0 bridgehead atoms. The Morgan fingerprint density at radius 2 is 1.75 bits per heavy atom. The zero-order valence-corrected chi connectivity index (χ0v) is 25.8. The van der Waals surface area contributed by atoms with Crippen LogP contribution < -0.4 is 15.4 Å². The summed E-state index contributed by atoms with van der Waals surface area (Å²) in [6, 6.07) is 13.8. The number of methoxy groups -OCH3 is 1. The number of allylic oxidation sites excluding steroid dienone is 1. The van der Waals surface area contributed by atoms with E-state index in [0.29, 0.717) is 23.1 Å². The quantitative estimate of drug-likeness (QED) is 0.253. The number of rotatable bonds is 10. The molecule has 0 fully saturated rings. The molecule has 40 heavy (non-hydrogen) atoms. The molecule has 2 aromatic carbocycles. The van der Waals surface area contributed by atoms with Gasteiger partial charge >= 0.3 is 0 Å². The van der Waals surface area contributed by atoms with Crippen LogP contribution in [0.4, 0.5) is 17.3 Å². The van der Waals surface area contributed by atoms with Gasteiger partial charge in [0.1, 0.15) is 5.75 Å². The highest BCUT2D eigenvalue weighted by Gasteiger charge is 2.13. The normalized spacial score (nSPS) is 10.5. The molecule has 2 N–H and O–H groups in total. The van der Waals surface area contributed by atoms with Gasteiger partial charge in [-0.15, -0.1) is 0 Å². The van der Waals surface area contributed by atoms with Gasteiger partial charge < -0.3 is 20.3 Å². The molecule has 0 spiro atoms. The molecule has 3 rings (SSSR count). The molecule has 0 saturated carbocycles. The number of carbonyl (C=O) groups is 1. The summed E-state index contributed by atoms with van der Waals surface area (Å²) < 4.78 is 5.52. The molecule has 0 saturated heterocycles. The van der Waals surface area contributed by atoms with E-state index >= 15 is 0 Å².